The Hall–Kier alpha value is -2.45. The number of hydrogen-bond acceptors (Lipinski definition) is 4. The second kappa shape index (κ2) is 6.61. The van der Waals surface area contributed by atoms with Gasteiger partial charge in [-0.3, -0.25) is 9.36 Å². The standard InChI is InChI=1S/C19H23N5O2S/c1-14-18(13-22(2)20-14)27(25,26)24-11-9-16-17(10-12-24)23(3)21-19(16)15-7-5-4-6-8-15/h4-8,13H,9-12H2,1-3H3. The van der Waals surface area contributed by atoms with Gasteiger partial charge in [-0.25, -0.2) is 8.42 Å². The van der Waals surface area contributed by atoms with Crippen LogP contribution in [0.4, 0.5) is 0 Å². The van der Waals surface area contributed by atoms with Crippen molar-refractivity contribution in [2.24, 2.45) is 14.1 Å². The predicted octanol–water partition coefficient (Wildman–Crippen LogP) is 1.92. The van der Waals surface area contributed by atoms with Crippen molar-refractivity contribution in [1.29, 1.82) is 0 Å². The van der Waals surface area contributed by atoms with Crippen LogP contribution in [0.3, 0.4) is 0 Å². The molecule has 0 fully saturated rings. The van der Waals surface area contributed by atoms with Crippen LogP contribution < -0.4 is 0 Å². The highest BCUT2D eigenvalue weighted by molar-refractivity contribution is 7.89. The van der Waals surface area contributed by atoms with Gasteiger partial charge in [0.05, 0.1) is 11.4 Å². The van der Waals surface area contributed by atoms with Crippen LogP contribution in [0.25, 0.3) is 11.3 Å². The van der Waals surface area contributed by atoms with Gasteiger partial charge >= 0.3 is 0 Å². The van der Waals surface area contributed by atoms with Gasteiger partial charge in [0.2, 0.25) is 10.0 Å². The van der Waals surface area contributed by atoms with Crippen LogP contribution in [0.5, 0.6) is 0 Å². The number of hydrogen-bond donors (Lipinski definition) is 0. The second-order valence-electron chi connectivity index (χ2n) is 6.92. The van der Waals surface area contributed by atoms with Crippen molar-refractivity contribution in [3.8, 4) is 11.3 Å². The van der Waals surface area contributed by atoms with E-state index in [9.17, 15) is 8.42 Å². The summed E-state index contributed by atoms with van der Waals surface area (Å²) in [5.74, 6) is 0. The van der Waals surface area contributed by atoms with E-state index in [1.54, 1.807) is 29.2 Å². The first-order valence-corrected chi connectivity index (χ1v) is 10.4. The number of aromatic nitrogens is 4. The molecule has 1 aliphatic rings. The van der Waals surface area contributed by atoms with E-state index in [1.165, 1.54) is 0 Å². The van der Waals surface area contributed by atoms with Crippen LogP contribution in [-0.4, -0.2) is 45.4 Å². The topological polar surface area (TPSA) is 73.0 Å². The Balaban J connectivity index is 1.67. The van der Waals surface area contributed by atoms with Gasteiger partial charge in [0, 0.05) is 56.6 Å². The summed E-state index contributed by atoms with van der Waals surface area (Å²) in [6, 6.07) is 10.1. The Morgan fingerprint density at radius 2 is 1.70 bits per heavy atom. The minimum atomic E-state index is -3.56. The molecular formula is C19H23N5O2S. The van der Waals surface area contributed by atoms with Crippen LogP contribution in [-0.2, 0) is 37.0 Å². The van der Waals surface area contributed by atoms with Crippen LogP contribution >= 0.6 is 0 Å². The Labute approximate surface area is 159 Å². The molecule has 0 spiro atoms. The highest BCUT2D eigenvalue weighted by Crippen LogP contribution is 2.29. The SMILES string of the molecule is Cc1nn(C)cc1S(=O)(=O)N1CCc2c(-c3ccccc3)nn(C)c2CC1. The van der Waals surface area contributed by atoms with Crippen LogP contribution in [0, 0.1) is 6.92 Å². The van der Waals surface area contributed by atoms with Crippen LogP contribution in [0.1, 0.15) is 17.0 Å². The third-order valence-corrected chi connectivity index (χ3v) is 7.12. The number of sulfonamides is 1. The first-order chi connectivity index (χ1) is 12.9. The molecule has 0 atom stereocenters. The van der Waals surface area contributed by atoms with E-state index in [0.29, 0.717) is 31.6 Å². The molecule has 0 N–H and O–H groups in total. The molecule has 0 radical (unpaired) electrons. The van der Waals surface area contributed by atoms with Crippen molar-refractivity contribution in [2.75, 3.05) is 13.1 Å². The van der Waals surface area contributed by atoms with Crippen molar-refractivity contribution in [3.05, 3.63) is 53.5 Å². The third kappa shape index (κ3) is 3.08. The van der Waals surface area contributed by atoms with Crippen molar-refractivity contribution in [1.82, 2.24) is 23.9 Å². The van der Waals surface area contributed by atoms with Gasteiger partial charge in [0.15, 0.2) is 0 Å². The highest BCUT2D eigenvalue weighted by Gasteiger charge is 2.31. The molecule has 0 bridgehead atoms. The van der Waals surface area contributed by atoms with Gasteiger partial charge in [-0.2, -0.15) is 14.5 Å². The van der Waals surface area contributed by atoms with Gasteiger partial charge in [-0.15, -0.1) is 0 Å². The van der Waals surface area contributed by atoms with E-state index >= 15 is 0 Å². The molecule has 0 unspecified atom stereocenters. The normalized spacial score (nSPS) is 15.5. The maximum atomic E-state index is 13.1. The number of benzene rings is 1. The molecule has 4 rings (SSSR count). The quantitative estimate of drug-likeness (QED) is 0.690. The van der Waals surface area contributed by atoms with Crippen molar-refractivity contribution in [2.45, 2.75) is 24.7 Å². The van der Waals surface area contributed by atoms with Gasteiger partial charge in [-0.1, -0.05) is 30.3 Å². The molecule has 27 heavy (non-hydrogen) atoms. The van der Waals surface area contributed by atoms with Gasteiger partial charge < -0.3 is 0 Å². The molecule has 2 aromatic heterocycles. The molecule has 0 saturated heterocycles. The molecule has 142 valence electrons. The Morgan fingerprint density at radius 1 is 1.00 bits per heavy atom. The summed E-state index contributed by atoms with van der Waals surface area (Å²) >= 11 is 0. The zero-order chi connectivity index (χ0) is 19.2. The molecule has 8 heteroatoms. The summed E-state index contributed by atoms with van der Waals surface area (Å²) < 4.78 is 31.3. The Kier molecular flexibility index (Phi) is 4.39. The van der Waals surface area contributed by atoms with Crippen LogP contribution in [0.2, 0.25) is 0 Å². The van der Waals surface area contributed by atoms with E-state index in [0.717, 1.165) is 22.5 Å². The predicted molar refractivity (Wildman–Crippen MR) is 103 cm³/mol. The summed E-state index contributed by atoms with van der Waals surface area (Å²) in [5.41, 5.74) is 4.79. The maximum absolute atomic E-state index is 13.1. The third-order valence-electron chi connectivity index (χ3n) is 5.12. The number of aryl methyl sites for hydroxylation is 3. The number of nitrogens with zero attached hydrogens (tertiary/aromatic N) is 5. The molecular weight excluding hydrogens is 362 g/mol. The average Bonchev–Trinajstić information content (AvgIpc) is 3.04. The van der Waals surface area contributed by atoms with Gasteiger partial charge in [-0.05, 0) is 13.3 Å². The molecule has 0 aliphatic carbocycles. The fraction of sp³-hybridized carbons (Fsp3) is 0.368. The fourth-order valence-corrected chi connectivity index (χ4v) is 5.44. The summed E-state index contributed by atoms with van der Waals surface area (Å²) in [5, 5.41) is 8.89. The number of fused-ring (bicyclic) bond motifs is 1. The molecule has 0 amide bonds. The monoisotopic (exact) mass is 385 g/mol. The minimum absolute atomic E-state index is 0.289. The summed E-state index contributed by atoms with van der Waals surface area (Å²) in [6.07, 6.45) is 2.87. The zero-order valence-electron chi connectivity index (χ0n) is 15.8. The van der Waals surface area contributed by atoms with E-state index in [1.807, 2.05) is 42.1 Å². The summed E-state index contributed by atoms with van der Waals surface area (Å²) in [6.45, 7) is 2.61. The molecule has 1 aliphatic heterocycles. The lowest BCUT2D eigenvalue weighted by atomic mass is 10.0. The van der Waals surface area contributed by atoms with Crippen molar-refractivity contribution in [3.63, 3.8) is 0 Å². The smallest absolute Gasteiger partial charge is 0.246 e. The molecule has 3 aromatic rings. The summed E-state index contributed by atoms with van der Waals surface area (Å²) in [7, 11) is 0.109. The van der Waals surface area contributed by atoms with E-state index in [-0.39, 0.29) is 4.90 Å². The molecule has 7 nitrogen and oxygen atoms in total. The lowest BCUT2D eigenvalue weighted by Crippen LogP contribution is -2.33. The highest BCUT2D eigenvalue weighted by atomic mass is 32.2. The lowest BCUT2D eigenvalue weighted by Gasteiger charge is -2.19. The van der Waals surface area contributed by atoms with E-state index in [2.05, 4.69) is 5.10 Å². The fourth-order valence-electron chi connectivity index (χ4n) is 3.80. The van der Waals surface area contributed by atoms with Gasteiger partial charge in [0.1, 0.15) is 4.90 Å². The first kappa shape index (κ1) is 17.9. The lowest BCUT2D eigenvalue weighted by molar-refractivity contribution is 0.423. The van der Waals surface area contributed by atoms with Gasteiger partial charge in [0.25, 0.3) is 0 Å². The minimum Gasteiger partial charge on any atom is -0.274 e. The summed E-state index contributed by atoms with van der Waals surface area (Å²) in [4.78, 5) is 0.289. The average molecular weight is 385 g/mol. The molecule has 0 saturated carbocycles. The number of rotatable bonds is 3. The van der Waals surface area contributed by atoms with E-state index in [4.69, 9.17) is 5.10 Å². The van der Waals surface area contributed by atoms with E-state index < -0.39 is 10.0 Å². The Morgan fingerprint density at radius 3 is 2.37 bits per heavy atom. The van der Waals surface area contributed by atoms with Crippen molar-refractivity contribution >= 4 is 10.0 Å². The molecule has 1 aromatic carbocycles. The first-order valence-electron chi connectivity index (χ1n) is 8.98. The Bertz CT molecular complexity index is 1080. The second-order valence-corrected chi connectivity index (χ2v) is 8.83. The van der Waals surface area contributed by atoms with Crippen LogP contribution in [0.15, 0.2) is 41.4 Å². The largest absolute Gasteiger partial charge is 0.274 e. The molecule has 3 heterocycles. The maximum Gasteiger partial charge on any atom is 0.246 e. The van der Waals surface area contributed by atoms with Crippen molar-refractivity contribution < 1.29 is 8.42 Å². The zero-order valence-corrected chi connectivity index (χ0v) is 16.6.